The Hall–Kier alpha value is -2.12. The third-order valence-corrected chi connectivity index (χ3v) is 2.71. The largest absolute Gasteiger partial charge is 0.480 e. The van der Waals surface area contributed by atoms with Crippen LogP contribution < -0.4 is 5.32 Å². The van der Waals surface area contributed by atoms with E-state index < -0.39 is 41.0 Å². The summed E-state index contributed by atoms with van der Waals surface area (Å²) in [5.74, 6) is -3.79. The van der Waals surface area contributed by atoms with E-state index >= 15 is 0 Å². The number of benzene rings is 1. The molecule has 0 unspecified atom stereocenters. The molecule has 0 spiro atoms. The Morgan fingerprint density at radius 1 is 1.33 bits per heavy atom. The molecule has 0 aliphatic carbocycles. The molecule has 0 aromatic heterocycles. The number of carbonyl (C=O) groups is 2. The van der Waals surface area contributed by atoms with E-state index in [0.29, 0.717) is 18.6 Å². The van der Waals surface area contributed by atoms with E-state index in [4.69, 9.17) is 5.11 Å². The summed E-state index contributed by atoms with van der Waals surface area (Å²) >= 11 is 0. The summed E-state index contributed by atoms with van der Waals surface area (Å²) in [6.45, 7) is 1.70. The quantitative estimate of drug-likeness (QED) is 0.822. The second-order valence-electron chi connectivity index (χ2n) is 4.35. The van der Waals surface area contributed by atoms with Gasteiger partial charge in [-0.15, -0.1) is 0 Å². The lowest BCUT2D eigenvalue weighted by molar-refractivity contribution is -0.140. The van der Waals surface area contributed by atoms with E-state index in [0.717, 1.165) is 6.07 Å². The van der Waals surface area contributed by atoms with Crippen molar-refractivity contribution in [3.63, 3.8) is 0 Å². The number of rotatable bonds is 5. The third-order valence-electron chi connectivity index (χ3n) is 2.71. The Balaban J connectivity index is 3.00. The van der Waals surface area contributed by atoms with Crippen LogP contribution in [0.4, 0.5) is 17.6 Å². The van der Waals surface area contributed by atoms with Crippen molar-refractivity contribution >= 4 is 11.9 Å². The minimum Gasteiger partial charge on any atom is -0.480 e. The van der Waals surface area contributed by atoms with Crippen LogP contribution in [-0.4, -0.2) is 23.0 Å². The van der Waals surface area contributed by atoms with Crippen LogP contribution in [0.2, 0.25) is 0 Å². The Bertz CT molecular complexity index is 543. The molecule has 0 radical (unpaired) electrons. The van der Waals surface area contributed by atoms with Crippen LogP contribution in [0.15, 0.2) is 18.2 Å². The number of carboxylic acids is 1. The first-order valence-electron chi connectivity index (χ1n) is 6.07. The van der Waals surface area contributed by atoms with Gasteiger partial charge in [0.25, 0.3) is 5.91 Å². The van der Waals surface area contributed by atoms with Gasteiger partial charge >= 0.3 is 12.1 Å². The van der Waals surface area contributed by atoms with Gasteiger partial charge in [-0.2, -0.15) is 13.2 Å². The number of alkyl halides is 3. The van der Waals surface area contributed by atoms with Gasteiger partial charge in [0.05, 0.1) is 5.56 Å². The highest BCUT2D eigenvalue weighted by molar-refractivity contribution is 5.96. The fourth-order valence-corrected chi connectivity index (χ4v) is 1.67. The van der Waals surface area contributed by atoms with Gasteiger partial charge in [-0.25, -0.2) is 9.18 Å². The number of amides is 1. The molecule has 1 aromatic carbocycles. The van der Waals surface area contributed by atoms with Crippen molar-refractivity contribution in [2.75, 3.05) is 0 Å². The molecule has 0 heterocycles. The number of nitrogens with one attached hydrogen (secondary N) is 1. The third kappa shape index (κ3) is 4.44. The first-order valence-corrected chi connectivity index (χ1v) is 6.07. The maximum absolute atomic E-state index is 13.1. The zero-order valence-corrected chi connectivity index (χ0v) is 11.0. The van der Waals surface area contributed by atoms with E-state index in [-0.39, 0.29) is 6.42 Å². The van der Waals surface area contributed by atoms with Gasteiger partial charge in [0.15, 0.2) is 0 Å². The lowest BCUT2D eigenvalue weighted by Crippen LogP contribution is -2.40. The van der Waals surface area contributed by atoms with Gasteiger partial charge in [0.1, 0.15) is 11.9 Å². The van der Waals surface area contributed by atoms with E-state index in [9.17, 15) is 27.2 Å². The molecule has 1 aromatic rings. The fourth-order valence-electron chi connectivity index (χ4n) is 1.67. The fraction of sp³-hybridized carbons (Fsp3) is 0.385. The monoisotopic (exact) mass is 307 g/mol. The molecule has 0 saturated heterocycles. The van der Waals surface area contributed by atoms with E-state index in [1.54, 1.807) is 6.92 Å². The van der Waals surface area contributed by atoms with Crippen molar-refractivity contribution in [2.45, 2.75) is 32.0 Å². The standard InChI is InChI=1S/C13H13F4NO3/c1-2-3-10(12(20)21)18-11(19)7-4-5-9(14)8(6-7)13(15,16)17/h4-6,10H,2-3H2,1H3,(H,18,19)(H,20,21)/t10-/m0/s1. The highest BCUT2D eigenvalue weighted by Gasteiger charge is 2.34. The summed E-state index contributed by atoms with van der Waals surface area (Å²) in [7, 11) is 0. The van der Waals surface area contributed by atoms with Crippen molar-refractivity contribution in [1.82, 2.24) is 5.32 Å². The second-order valence-corrected chi connectivity index (χ2v) is 4.35. The molecule has 0 aliphatic rings. The molecule has 1 atom stereocenters. The van der Waals surface area contributed by atoms with E-state index in [1.165, 1.54) is 0 Å². The Morgan fingerprint density at radius 2 is 1.95 bits per heavy atom. The topological polar surface area (TPSA) is 66.4 Å². The molecule has 21 heavy (non-hydrogen) atoms. The van der Waals surface area contributed by atoms with Gasteiger partial charge in [0, 0.05) is 5.56 Å². The van der Waals surface area contributed by atoms with Crippen molar-refractivity contribution in [1.29, 1.82) is 0 Å². The molecule has 1 rings (SSSR count). The van der Waals surface area contributed by atoms with Crippen LogP contribution in [0.5, 0.6) is 0 Å². The second kappa shape index (κ2) is 6.55. The normalized spacial score (nSPS) is 12.8. The number of aliphatic carboxylic acids is 1. The molecule has 2 N–H and O–H groups in total. The SMILES string of the molecule is CCC[C@H](NC(=O)c1ccc(F)c(C(F)(F)F)c1)C(=O)O. The smallest absolute Gasteiger partial charge is 0.419 e. The average Bonchev–Trinajstić information content (AvgIpc) is 2.37. The van der Waals surface area contributed by atoms with Crippen molar-refractivity contribution in [2.24, 2.45) is 0 Å². The number of carboxylic acid groups (broad SMARTS) is 1. The number of carbonyl (C=O) groups excluding carboxylic acids is 1. The van der Waals surface area contributed by atoms with Crippen LogP contribution in [0.25, 0.3) is 0 Å². The highest BCUT2D eigenvalue weighted by atomic mass is 19.4. The number of halogens is 4. The number of hydrogen-bond donors (Lipinski definition) is 2. The summed E-state index contributed by atoms with van der Waals surface area (Å²) < 4.78 is 50.7. The van der Waals surface area contributed by atoms with Crippen molar-refractivity contribution in [3.8, 4) is 0 Å². The van der Waals surface area contributed by atoms with Gasteiger partial charge < -0.3 is 10.4 Å². The van der Waals surface area contributed by atoms with Gasteiger partial charge in [-0.1, -0.05) is 13.3 Å². The summed E-state index contributed by atoms with van der Waals surface area (Å²) in [5, 5.41) is 11.0. The van der Waals surface area contributed by atoms with Crippen LogP contribution in [0.1, 0.15) is 35.7 Å². The molecular formula is C13H13F4NO3. The summed E-state index contributed by atoms with van der Waals surface area (Å²) in [5.41, 5.74) is -2.02. The lowest BCUT2D eigenvalue weighted by Gasteiger charge is -2.14. The van der Waals surface area contributed by atoms with Gasteiger partial charge in [0.2, 0.25) is 0 Å². The molecule has 0 fully saturated rings. The molecule has 4 nitrogen and oxygen atoms in total. The van der Waals surface area contributed by atoms with Crippen molar-refractivity contribution < 1.29 is 32.3 Å². The minimum atomic E-state index is -4.93. The summed E-state index contributed by atoms with van der Waals surface area (Å²) in [4.78, 5) is 22.6. The molecular weight excluding hydrogens is 294 g/mol. The first-order chi connectivity index (χ1) is 9.66. The molecule has 1 amide bonds. The molecule has 0 saturated carbocycles. The minimum absolute atomic E-state index is 0.133. The molecule has 0 aliphatic heterocycles. The van der Waals surface area contributed by atoms with Crippen molar-refractivity contribution in [3.05, 3.63) is 35.1 Å². The van der Waals surface area contributed by atoms with Crippen LogP contribution >= 0.6 is 0 Å². The average molecular weight is 307 g/mol. The molecule has 116 valence electrons. The molecule has 8 heteroatoms. The maximum atomic E-state index is 13.1. The Morgan fingerprint density at radius 3 is 2.43 bits per heavy atom. The Labute approximate surface area is 117 Å². The lowest BCUT2D eigenvalue weighted by atomic mass is 10.1. The van der Waals surface area contributed by atoms with Gasteiger partial charge in [-0.05, 0) is 24.6 Å². The van der Waals surface area contributed by atoms with E-state index in [2.05, 4.69) is 5.32 Å². The first kappa shape index (κ1) is 16.9. The predicted molar refractivity (Wildman–Crippen MR) is 65.2 cm³/mol. The summed E-state index contributed by atoms with van der Waals surface area (Å²) in [6, 6.07) is 0.537. The zero-order chi connectivity index (χ0) is 16.2. The summed E-state index contributed by atoms with van der Waals surface area (Å²) in [6.07, 6.45) is -4.33. The number of hydrogen-bond acceptors (Lipinski definition) is 2. The Kier molecular flexibility index (Phi) is 5.28. The van der Waals surface area contributed by atoms with Gasteiger partial charge in [-0.3, -0.25) is 4.79 Å². The van der Waals surface area contributed by atoms with Crippen LogP contribution in [0, 0.1) is 5.82 Å². The molecule has 0 bridgehead atoms. The van der Waals surface area contributed by atoms with Crippen LogP contribution in [-0.2, 0) is 11.0 Å². The maximum Gasteiger partial charge on any atom is 0.419 e. The van der Waals surface area contributed by atoms with E-state index in [1.807, 2.05) is 0 Å². The van der Waals surface area contributed by atoms with Crippen LogP contribution in [0.3, 0.4) is 0 Å². The zero-order valence-electron chi connectivity index (χ0n) is 11.0. The predicted octanol–water partition coefficient (Wildman–Crippen LogP) is 2.83. The highest BCUT2D eigenvalue weighted by Crippen LogP contribution is 2.31.